The number of carbonyl (C=O) groups is 1. The summed E-state index contributed by atoms with van der Waals surface area (Å²) in [6.45, 7) is 6.84. The van der Waals surface area contributed by atoms with Crippen molar-refractivity contribution in [3.8, 4) is 0 Å². The molecule has 0 aromatic carbocycles. The summed E-state index contributed by atoms with van der Waals surface area (Å²) in [5.74, 6) is 0.305. The molecule has 0 saturated carbocycles. The van der Waals surface area contributed by atoms with Gasteiger partial charge in [-0.2, -0.15) is 0 Å². The monoisotopic (exact) mass is 278 g/mol. The molecule has 1 N–H and O–H groups in total. The third-order valence-corrected chi connectivity index (χ3v) is 3.19. The number of carbonyl (C=O) groups excluding carboxylic acids is 1. The fraction of sp³-hybridized carbons (Fsp3) is 0.600. The number of amides is 1. The molecule has 5 nitrogen and oxygen atoms in total. The minimum Gasteiger partial charge on any atom is -0.444 e. The van der Waals surface area contributed by atoms with E-state index in [1.165, 1.54) is 0 Å². The second-order valence-electron chi connectivity index (χ2n) is 6.26. The molecule has 20 heavy (non-hydrogen) atoms. The van der Waals surface area contributed by atoms with Crippen LogP contribution in [-0.4, -0.2) is 39.8 Å². The van der Waals surface area contributed by atoms with E-state index in [0.717, 1.165) is 0 Å². The van der Waals surface area contributed by atoms with Gasteiger partial charge in [0.2, 0.25) is 0 Å². The smallest absolute Gasteiger partial charge is 0.410 e. The molecule has 110 valence electrons. The van der Waals surface area contributed by atoms with E-state index >= 15 is 0 Å². The van der Waals surface area contributed by atoms with Crippen LogP contribution in [0, 0.1) is 5.92 Å². The second-order valence-corrected chi connectivity index (χ2v) is 6.26. The van der Waals surface area contributed by atoms with Gasteiger partial charge in [-0.1, -0.05) is 6.07 Å². The van der Waals surface area contributed by atoms with E-state index in [9.17, 15) is 9.90 Å². The third-order valence-electron chi connectivity index (χ3n) is 3.19. The molecule has 0 bridgehead atoms. The van der Waals surface area contributed by atoms with Crippen LogP contribution in [0.3, 0.4) is 0 Å². The molecule has 1 aromatic rings. The maximum atomic E-state index is 11.8. The zero-order chi connectivity index (χ0) is 14.8. The summed E-state index contributed by atoms with van der Waals surface area (Å²) in [5.41, 5.74) is 0.221. The van der Waals surface area contributed by atoms with Gasteiger partial charge >= 0.3 is 6.09 Å². The number of ether oxygens (including phenoxy) is 1. The lowest BCUT2D eigenvalue weighted by atomic mass is 9.92. The molecular weight excluding hydrogens is 256 g/mol. The number of hydrogen-bond acceptors (Lipinski definition) is 4. The van der Waals surface area contributed by atoms with Crippen molar-refractivity contribution >= 4 is 6.09 Å². The molecule has 0 spiro atoms. The Labute approximate surface area is 119 Å². The Kier molecular flexibility index (Phi) is 4.28. The summed E-state index contributed by atoms with van der Waals surface area (Å²) < 4.78 is 5.29. The number of aliphatic hydroxyl groups excluding tert-OH is 1. The van der Waals surface area contributed by atoms with Crippen LogP contribution in [0.5, 0.6) is 0 Å². The zero-order valence-corrected chi connectivity index (χ0v) is 12.2. The van der Waals surface area contributed by atoms with E-state index in [4.69, 9.17) is 4.74 Å². The minimum atomic E-state index is -0.568. The first kappa shape index (κ1) is 14.8. The van der Waals surface area contributed by atoms with Gasteiger partial charge in [-0.3, -0.25) is 4.98 Å². The molecule has 1 fully saturated rings. The standard InChI is InChI=1S/C15H22N2O3/c1-15(2,3)20-14(19)17-9-11(10-17)8-13(18)12-6-4-5-7-16-12/h4-7,11,13,18H,8-10H2,1-3H3. The van der Waals surface area contributed by atoms with Crippen molar-refractivity contribution in [2.24, 2.45) is 5.92 Å². The number of rotatable bonds is 3. The van der Waals surface area contributed by atoms with Gasteiger partial charge in [0.1, 0.15) is 5.60 Å². The molecule has 2 rings (SSSR count). The number of hydrogen-bond donors (Lipinski definition) is 1. The van der Waals surface area contributed by atoms with Crippen molar-refractivity contribution in [2.75, 3.05) is 13.1 Å². The molecule has 1 aliphatic heterocycles. The SMILES string of the molecule is CC(C)(C)OC(=O)N1CC(CC(O)c2ccccn2)C1. The molecule has 2 heterocycles. The Morgan fingerprint density at radius 1 is 1.50 bits per heavy atom. The average Bonchev–Trinajstić information content (AvgIpc) is 2.31. The number of aliphatic hydroxyl groups is 1. The van der Waals surface area contributed by atoms with Crippen molar-refractivity contribution in [2.45, 2.75) is 38.9 Å². The number of likely N-dealkylation sites (tertiary alicyclic amines) is 1. The summed E-state index contributed by atoms with van der Waals surface area (Å²) in [6, 6.07) is 5.50. The molecule has 1 aliphatic rings. The number of nitrogens with zero attached hydrogens (tertiary/aromatic N) is 2. The van der Waals surface area contributed by atoms with E-state index < -0.39 is 11.7 Å². The van der Waals surface area contributed by atoms with Gasteiger partial charge in [-0.25, -0.2) is 4.79 Å². The van der Waals surface area contributed by atoms with E-state index in [1.807, 2.05) is 39.0 Å². The first-order chi connectivity index (χ1) is 9.35. The van der Waals surface area contributed by atoms with Crippen LogP contribution in [0.4, 0.5) is 4.79 Å². The van der Waals surface area contributed by atoms with Crippen molar-refractivity contribution in [1.82, 2.24) is 9.88 Å². The lowest BCUT2D eigenvalue weighted by molar-refractivity contribution is -0.0100. The lowest BCUT2D eigenvalue weighted by Gasteiger charge is -2.40. The van der Waals surface area contributed by atoms with Crippen LogP contribution < -0.4 is 0 Å². The topological polar surface area (TPSA) is 62.7 Å². The van der Waals surface area contributed by atoms with E-state index in [-0.39, 0.29) is 6.09 Å². The van der Waals surface area contributed by atoms with Crippen LogP contribution >= 0.6 is 0 Å². The highest BCUT2D eigenvalue weighted by molar-refractivity contribution is 5.69. The summed E-state index contributed by atoms with van der Waals surface area (Å²) in [4.78, 5) is 17.6. The van der Waals surface area contributed by atoms with Gasteiger partial charge in [-0.15, -0.1) is 0 Å². The van der Waals surface area contributed by atoms with Gasteiger partial charge in [0.05, 0.1) is 11.8 Å². The van der Waals surface area contributed by atoms with Crippen molar-refractivity contribution in [3.05, 3.63) is 30.1 Å². The normalized spacial score (nSPS) is 17.5. The molecule has 1 aromatic heterocycles. The molecule has 0 aliphatic carbocycles. The fourth-order valence-corrected chi connectivity index (χ4v) is 2.20. The van der Waals surface area contributed by atoms with Gasteiger partial charge < -0.3 is 14.7 Å². The molecule has 1 saturated heterocycles. The van der Waals surface area contributed by atoms with E-state index in [0.29, 0.717) is 31.1 Å². The largest absolute Gasteiger partial charge is 0.444 e. The Bertz CT molecular complexity index is 450. The van der Waals surface area contributed by atoms with Crippen molar-refractivity contribution in [1.29, 1.82) is 0 Å². The van der Waals surface area contributed by atoms with Gasteiger partial charge in [-0.05, 0) is 45.2 Å². The minimum absolute atomic E-state index is 0.277. The van der Waals surface area contributed by atoms with Crippen molar-refractivity contribution in [3.63, 3.8) is 0 Å². The molecule has 1 amide bonds. The maximum Gasteiger partial charge on any atom is 0.410 e. The maximum absolute atomic E-state index is 11.8. The van der Waals surface area contributed by atoms with Crippen LogP contribution in [0.2, 0.25) is 0 Å². The van der Waals surface area contributed by atoms with Gasteiger partial charge in [0.15, 0.2) is 0 Å². The van der Waals surface area contributed by atoms with Crippen LogP contribution in [-0.2, 0) is 4.74 Å². The quantitative estimate of drug-likeness (QED) is 0.922. The van der Waals surface area contributed by atoms with E-state index in [2.05, 4.69) is 4.98 Å². The molecular formula is C15H22N2O3. The average molecular weight is 278 g/mol. The highest BCUT2D eigenvalue weighted by atomic mass is 16.6. The second kappa shape index (κ2) is 5.79. The van der Waals surface area contributed by atoms with Crippen LogP contribution in [0.1, 0.15) is 39.0 Å². The van der Waals surface area contributed by atoms with Crippen LogP contribution in [0.25, 0.3) is 0 Å². The lowest BCUT2D eigenvalue weighted by Crippen LogP contribution is -2.51. The number of aromatic nitrogens is 1. The van der Waals surface area contributed by atoms with Crippen LogP contribution in [0.15, 0.2) is 24.4 Å². The Hall–Kier alpha value is -1.62. The zero-order valence-electron chi connectivity index (χ0n) is 12.2. The van der Waals surface area contributed by atoms with E-state index in [1.54, 1.807) is 11.1 Å². The highest BCUT2D eigenvalue weighted by Gasteiger charge is 2.34. The fourth-order valence-electron chi connectivity index (χ4n) is 2.20. The first-order valence-corrected chi connectivity index (χ1v) is 6.92. The molecule has 5 heteroatoms. The molecule has 1 atom stereocenters. The predicted octanol–water partition coefficient (Wildman–Crippen LogP) is 2.37. The molecule has 0 radical (unpaired) electrons. The van der Waals surface area contributed by atoms with Gasteiger partial charge in [0.25, 0.3) is 0 Å². The Balaban J connectivity index is 1.76. The van der Waals surface area contributed by atoms with Gasteiger partial charge in [0, 0.05) is 19.3 Å². The summed E-state index contributed by atoms with van der Waals surface area (Å²) in [7, 11) is 0. The summed E-state index contributed by atoms with van der Waals surface area (Å²) >= 11 is 0. The summed E-state index contributed by atoms with van der Waals surface area (Å²) in [5, 5.41) is 10.1. The highest BCUT2D eigenvalue weighted by Crippen LogP contribution is 2.27. The third kappa shape index (κ3) is 3.93. The predicted molar refractivity (Wildman–Crippen MR) is 75.1 cm³/mol. The Morgan fingerprint density at radius 2 is 2.20 bits per heavy atom. The van der Waals surface area contributed by atoms with Crippen molar-refractivity contribution < 1.29 is 14.6 Å². The summed E-state index contributed by atoms with van der Waals surface area (Å²) in [6.07, 6.45) is 1.45. The Morgan fingerprint density at radius 3 is 2.75 bits per heavy atom. The molecule has 1 unspecified atom stereocenters. The number of pyridine rings is 1. The first-order valence-electron chi connectivity index (χ1n) is 6.92.